The molecule has 0 radical (unpaired) electrons. The molecular formula is C12H14FN3O2. The molecule has 1 rings (SSSR count). The van der Waals surface area contributed by atoms with Gasteiger partial charge in [0.25, 0.3) is 0 Å². The summed E-state index contributed by atoms with van der Waals surface area (Å²) in [6.07, 6.45) is 0.347. The SMILES string of the molecule is COCCC(N)C(=O)Nc1cccc(F)c1C#N. The molecule has 0 bridgehead atoms. The van der Waals surface area contributed by atoms with Crippen molar-refractivity contribution in [1.29, 1.82) is 5.26 Å². The Morgan fingerprint density at radius 3 is 3.00 bits per heavy atom. The third-order valence-electron chi connectivity index (χ3n) is 2.35. The molecule has 18 heavy (non-hydrogen) atoms. The van der Waals surface area contributed by atoms with Gasteiger partial charge in [-0.1, -0.05) is 6.07 Å². The van der Waals surface area contributed by atoms with Crippen molar-refractivity contribution >= 4 is 11.6 Å². The van der Waals surface area contributed by atoms with Gasteiger partial charge in [-0.15, -0.1) is 0 Å². The van der Waals surface area contributed by atoms with Crippen LogP contribution in [0.4, 0.5) is 10.1 Å². The molecule has 1 unspecified atom stereocenters. The largest absolute Gasteiger partial charge is 0.385 e. The number of anilines is 1. The van der Waals surface area contributed by atoms with Gasteiger partial charge in [0.15, 0.2) is 0 Å². The van der Waals surface area contributed by atoms with Crippen LogP contribution in [0.2, 0.25) is 0 Å². The summed E-state index contributed by atoms with van der Waals surface area (Å²) in [5, 5.41) is 11.2. The lowest BCUT2D eigenvalue weighted by atomic mass is 10.1. The van der Waals surface area contributed by atoms with E-state index in [9.17, 15) is 9.18 Å². The minimum atomic E-state index is -0.764. The molecule has 0 saturated heterocycles. The molecule has 6 heteroatoms. The zero-order valence-electron chi connectivity index (χ0n) is 9.94. The third kappa shape index (κ3) is 3.52. The number of rotatable bonds is 5. The number of amides is 1. The second kappa shape index (κ2) is 6.69. The smallest absolute Gasteiger partial charge is 0.241 e. The Kier molecular flexibility index (Phi) is 5.24. The van der Waals surface area contributed by atoms with Gasteiger partial charge in [0.05, 0.1) is 11.7 Å². The summed E-state index contributed by atoms with van der Waals surface area (Å²) in [6, 6.07) is 4.94. The van der Waals surface area contributed by atoms with Crippen molar-refractivity contribution in [3.63, 3.8) is 0 Å². The number of carbonyl (C=O) groups excluding carboxylic acids is 1. The highest BCUT2D eigenvalue weighted by molar-refractivity contribution is 5.95. The summed E-state index contributed by atoms with van der Waals surface area (Å²) >= 11 is 0. The summed E-state index contributed by atoms with van der Waals surface area (Å²) < 4.78 is 18.1. The standard InChI is InChI=1S/C12H14FN3O2/c1-18-6-5-10(15)12(17)16-11-4-2-3-9(13)8(11)7-14/h2-4,10H,5-6,15H2,1H3,(H,16,17). The van der Waals surface area contributed by atoms with E-state index in [4.69, 9.17) is 15.7 Å². The van der Waals surface area contributed by atoms with Gasteiger partial charge < -0.3 is 15.8 Å². The molecule has 0 aromatic heterocycles. The predicted molar refractivity (Wildman–Crippen MR) is 64.2 cm³/mol. The number of benzene rings is 1. The number of hydrogen-bond donors (Lipinski definition) is 2. The minimum absolute atomic E-state index is 0.121. The van der Waals surface area contributed by atoms with Crippen LogP contribution in [0.25, 0.3) is 0 Å². The highest BCUT2D eigenvalue weighted by Crippen LogP contribution is 2.17. The molecule has 1 aromatic carbocycles. The predicted octanol–water partition coefficient (Wildman–Crippen LogP) is 1.000. The molecule has 0 aliphatic heterocycles. The fourth-order valence-electron chi connectivity index (χ4n) is 1.34. The number of nitriles is 1. The molecule has 0 heterocycles. The van der Waals surface area contributed by atoms with E-state index in [-0.39, 0.29) is 11.3 Å². The summed E-state index contributed by atoms with van der Waals surface area (Å²) in [5.74, 6) is -1.16. The first-order valence-corrected chi connectivity index (χ1v) is 5.34. The second-order valence-electron chi connectivity index (χ2n) is 3.65. The molecule has 1 aromatic rings. The van der Waals surface area contributed by atoms with E-state index < -0.39 is 17.8 Å². The average Bonchev–Trinajstić information content (AvgIpc) is 2.36. The first-order chi connectivity index (χ1) is 8.60. The molecular weight excluding hydrogens is 237 g/mol. The van der Waals surface area contributed by atoms with Gasteiger partial charge >= 0.3 is 0 Å². The van der Waals surface area contributed by atoms with Crippen molar-refractivity contribution in [2.75, 3.05) is 19.0 Å². The van der Waals surface area contributed by atoms with Crippen LogP contribution in [0.1, 0.15) is 12.0 Å². The highest BCUT2D eigenvalue weighted by atomic mass is 19.1. The molecule has 3 N–H and O–H groups in total. The van der Waals surface area contributed by atoms with Crippen molar-refractivity contribution in [1.82, 2.24) is 0 Å². The molecule has 0 aliphatic carbocycles. The lowest BCUT2D eigenvalue weighted by molar-refractivity contribution is -0.117. The van der Waals surface area contributed by atoms with Crippen LogP contribution in [0.15, 0.2) is 18.2 Å². The molecule has 1 atom stereocenters. The van der Waals surface area contributed by atoms with Crippen molar-refractivity contribution in [2.24, 2.45) is 5.73 Å². The maximum Gasteiger partial charge on any atom is 0.241 e. The molecule has 1 amide bonds. The van der Waals surface area contributed by atoms with E-state index in [0.717, 1.165) is 6.07 Å². The second-order valence-corrected chi connectivity index (χ2v) is 3.65. The number of ether oxygens (including phenoxy) is 1. The first-order valence-electron chi connectivity index (χ1n) is 5.34. The van der Waals surface area contributed by atoms with Gasteiger partial charge in [-0.2, -0.15) is 5.26 Å². The lowest BCUT2D eigenvalue weighted by Gasteiger charge is -2.12. The van der Waals surface area contributed by atoms with Crippen molar-refractivity contribution in [2.45, 2.75) is 12.5 Å². The van der Waals surface area contributed by atoms with E-state index in [2.05, 4.69) is 5.32 Å². The van der Waals surface area contributed by atoms with Crippen molar-refractivity contribution < 1.29 is 13.9 Å². The van der Waals surface area contributed by atoms with Crippen LogP contribution in [0.3, 0.4) is 0 Å². The topological polar surface area (TPSA) is 88.1 Å². The van der Waals surface area contributed by atoms with Crippen LogP contribution in [0, 0.1) is 17.1 Å². The van der Waals surface area contributed by atoms with Crippen LogP contribution in [-0.4, -0.2) is 25.7 Å². The minimum Gasteiger partial charge on any atom is -0.385 e. The van der Waals surface area contributed by atoms with Gasteiger partial charge in [-0.05, 0) is 18.6 Å². The van der Waals surface area contributed by atoms with Crippen LogP contribution >= 0.6 is 0 Å². The molecule has 0 saturated carbocycles. The van der Waals surface area contributed by atoms with Gasteiger partial charge in [0, 0.05) is 13.7 Å². The number of nitrogens with zero attached hydrogens (tertiary/aromatic N) is 1. The lowest BCUT2D eigenvalue weighted by Crippen LogP contribution is -2.36. The summed E-state index contributed by atoms with van der Waals surface area (Å²) in [6.45, 7) is 0.350. The normalized spacial score (nSPS) is 11.7. The van der Waals surface area contributed by atoms with E-state index in [0.29, 0.717) is 13.0 Å². The number of halogens is 1. The maximum absolute atomic E-state index is 13.3. The average molecular weight is 251 g/mol. The highest BCUT2D eigenvalue weighted by Gasteiger charge is 2.16. The third-order valence-corrected chi connectivity index (χ3v) is 2.35. The zero-order valence-corrected chi connectivity index (χ0v) is 9.94. The Hall–Kier alpha value is -1.97. The fraction of sp³-hybridized carbons (Fsp3) is 0.333. The quantitative estimate of drug-likeness (QED) is 0.817. The van der Waals surface area contributed by atoms with Crippen molar-refractivity contribution in [3.8, 4) is 6.07 Å². The maximum atomic E-state index is 13.3. The summed E-state index contributed by atoms with van der Waals surface area (Å²) in [4.78, 5) is 11.7. The molecule has 96 valence electrons. The molecule has 5 nitrogen and oxygen atoms in total. The van der Waals surface area contributed by atoms with E-state index in [1.54, 1.807) is 6.07 Å². The fourth-order valence-corrected chi connectivity index (χ4v) is 1.34. The van der Waals surface area contributed by atoms with Crippen LogP contribution < -0.4 is 11.1 Å². The number of hydrogen-bond acceptors (Lipinski definition) is 4. The Bertz CT molecular complexity index is 471. The number of nitrogens with one attached hydrogen (secondary N) is 1. The zero-order chi connectivity index (χ0) is 13.5. The van der Waals surface area contributed by atoms with Gasteiger partial charge in [0.2, 0.25) is 5.91 Å². The Balaban J connectivity index is 2.76. The van der Waals surface area contributed by atoms with Crippen LogP contribution in [0.5, 0.6) is 0 Å². The summed E-state index contributed by atoms with van der Waals surface area (Å²) in [7, 11) is 1.50. The van der Waals surface area contributed by atoms with Crippen LogP contribution in [-0.2, 0) is 9.53 Å². The first kappa shape index (κ1) is 14.1. The van der Waals surface area contributed by atoms with E-state index in [1.807, 2.05) is 0 Å². The number of nitrogens with two attached hydrogens (primary N) is 1. The molecule has 0 fully saturated rings. The van der Waals surface area contributed by atoms with Gasteiger partial charge in [-0.25, -0.2) is 4.39 Å². The Morgan fingerprint density at radius 2 is 2.39 bits per heavy atom. The molecule has 0 aliphatic rings. The van der Waals surface area contributed by atoms with E-state index in [1.165, 1.54) is 19.2 Å². The Labute approximate surface area is 104 Å². The Morgan fingerprint density at radius 1 is 1.67 bits per heavy atom. The van der Waals surface area contributed by atoms with Gasteiger partial charge in [0.1, 0.15) is 17.4 Å². The number of carbonyl (C=O) groups is 1. The van der Waals surface area contributed by atoms with E-state index >= 15 is 0 Å². The monoisotopic (exact) mass is 251 g/mol. The summed E-state index contributed by atoms with van der Waals surface area (Å²) in [5.41, 5.74) is 5.53. The molecule has 0 spiro atoms. The van der Waals surface area contributed by atoms with Crippen molar-refractivity contribution in [3.05, 3.63) is 29.6 Å². The number of methoxy groups -OCH3 is 1. The van der Waals surface area contributed by atoms with Gasteiger partial charge in [-0.3, -0.25) is 4.79 Å².